The minimum Gasteiger partial charge on any atom is -0.352 e. The Balaban J connectivity index is 1.86. The predicted molar refractivity (Wildman–Crippen MR) is 78.9 cm³/mol. The number of rotatable bonds is 4. The first-order chi connectivity index (χ1) is 9.69. The molecule has 0 aromatic heterocycles. The fourth-order valence-electron chi connectivity index (χ4n) is 2.39. The van der Waals surface area contributed by atoms with Crippen molar-refractivity contribution in [2.75, 3.05) is 11.9 Å². The Morgan fingerprint density at radius 3 is 2.40 bits per heavy atom. The van der Waals surface area contributed by atoms with Crippen LogP contribution in [0.5, 0.6) is 0 Å². The Morgan fingerprint density at radius 1 is 1.15 bits per heavy atom. The zero-order valence-electron chi connectivity index (χ0n) is 11.7. The fourth-order valence-corrected chi connectivity index (χ4v) is 2.39. The molecule has 108 valence electrons. The molecular formula is C15H21N3O2. The van der Waals surface area contributed by atoms with E-state index in [9.17, 15) is 9.59 Å². The van der Waals surface area contributed by atoms with E-state index in [0.717, 1.165) is 12.8 Å². The second-order valence-electron chi connectivity index (χ2n) is 5.02. The molecule has 0 radical (unpaired) electrons. The van der Waals surface area contributed by atoms with Crippen molar-refractivity contribution in [3.8, 4) is 0 Å². The molecule has 0 saturated heterocycles. The van der Waals surface area contributed by atoms with Gasteiger partial charge in [-0.2, -0.15) is 0 Å². The molecule has 0 aliphatic heterocycles. The number of nitrogens with one attached hydrogen (secondary N) is 3. The van der Waals surface area contributed by atoms with Crippen LogP contribution in [0.4, 0.5) is 10.5 Å². The summed E-state index contributed by atoms with van der Waals surface area (Å²) < 4.78 is 0. The minimum atomic E-state index is -0.178. The maximum Gasteiger partial charge on any atom is 0.319 e. The lowest BCUT2D eigenvalue weighted by Gasteiger charge is -2.13. The lowest BCUT2D eigenvalue weighted by Crippen LogP contribution is -2.36. The molecule has 1 aliphatic rings. The van der Waals surface area contributed by atoms with E-state index < -0.39 is 0 Å². The van der Waals surface area contributed by atoms with Crippen LogP contribution in [0.3, 0.4) is 0 Å². The number of carbonyl (C=O) groups is 2. The lowest BCUT2D eigenvalue weighted by molar-refractivity contribution is 0.0956. The van der Waals surface area contributed by atoms with Gasteiger partial charge >= 0.3 is 6.03 Å². The molecule has 1 saturated carbocycles. The molecule has 0 bridgehead atoms. The second kappa shape index (κ2) is 6.93. The summed E-state index contributed by atoms with van der Waals surface area (Å²) in [6.45, 7) is 2.48. The number of amides is 3. The maximum absolute atomic E-state index is 11.8. The highest BCUT2D eigenvalue weighted by Crippen LogP contribution is 2.17. The Labute approximate surface area is 119 Å². The van der Waals surface area contributed by atoms with Crippen LogP contribution in [-0.4, -0.2) is 24.5 Å². The van der Waals surface area contributed by atoms with Crippen LogP contribution in [0, 0.1) is 0 Å². The first-order valence-corrected chi connectivity index (χ1v) is 7.15. The Kier molecular flexibility index (Phi) is 4.98. The van der Waals surface area contributed by atoms with Crippen molar-refractivity contribution in [3.05, 3.63) is 29.8 Å². The van der Waals surface area contributed by atoms with Crippen molar-refractivity contribution in [2.24, 2.45) is 0 Å². The molecule has 5 nitrogen and oxygen atoms in total. The number of hydrogen-bond donors (Lipinski definition) is 3. The monoisotopic (exact) mass is 275 g/mol. The molecule has 0 spiro atoms. The highest BCUT2D eigenvalue weighted by atomic mass is 16.2. The SMILES string of the molecule is CCNC(=O)c1ccc(NC(=O)NC2CCCC2)cc1. The van der Waals surface area contributed by atoms with Gasteiger partial charge in [0.15, 0.2) is 0 Å². The molecule has 1 aromatic carbocycles. The normalized spacial score (nSPS) is 14.8. The van der Waals surface area contributed by atoms with Crippen LogP contribution in [-0.2, 0) is 0 Å². The molecule has 1 fully saturated rings. The van der Waals surface area contributed by atoms with Gasteiger partial charge in [-0.25, -0.2) is 4.79 Å². The van der Waals surface area contributed by atoms with E-state index in [1.807, 2.05) is 6.92 Å². The minimum absolute atomic E-state index is 0.102. The van der Waals surface area contributed by atoms with Crippen molar-refractivity contribution < 1.29 is 9.59 Å². The van der Waals surface area contributed by atoms with Gasteiger partial charge in [-0.05, 0) is 44.0 Å². The third kappa shape index (κ3) is 3.98. The van der Waals surface area contributed by atoms with E-state index in [4.69, 9.17) is 0 Å². The van der Waals surface area contributed by atoms with Gasteiger partial charge in [-0.3, -0.25) is 4.79 Å². The number of anilines is 1. The number of benzene rings is 1. The predicted octanol–water partition coefficient (Wildman–Crippen LogP) is 2.50. The molecule has 0 atom stereocenters. The number of carbonyl (C=O) groups excluding carboxylic acids is 2. The van der Waals surface area contributed by atoms with Crippen molar-refractivity contribution in [1.82, 2.24) is 10.6 Å². The van der Waals surface area contributed by atoms with Gasteiger partial charge in [-0.1, -0.05) is 12.8 Å². The van der Waals surface area contributed by atoms with Crippen molar-refractivity contribution in [3.63, 3.8) is 0 Å². The molecular weight excluding hydrogens is 254 g/mol. The van der Waals surface area contributed by atoms with Crippen LogP contribution in [0.1, 0.15) is 43.0 Å². The van der Waals surface area contributed by atoms with Gasteiger partial charge in [0.05, 0.1) is 0 Å². The molecule has 1 aliphatic carbocycles. The van der Waals surface area contributed by atoms with Gasteiger partial charge in [-0.15, -0.1) is 0 Å². The number of hydrogen-bond acceptors (Lipinski definition) is 2. The average molecular weight is 275 g/mol. The first-order valence-electron chi connectivity index (χ1n) is 7.15. The third-order valence-electron chi connectivity index (χ3n) is 3.43. The number of urea groups is 1. The summed E-state index contributed by atoms with van der Waals surface area (Å²) >= 11 is 0. The van der Waals surface area contributed by atoms with Crippen molar-refractivity contribution in [1.29, 1.82) is 0 Å². The largest absolute Gasteiger partial charge is 0.352 e. The molecule has 3 N–H and O–H groups in total. The molecule has 0 heterocycles. The summed E-state index contributed by atoms with van der Waals surface area (Å²) in [6, 6.07) is 7.00. The topological polar surface area (TPSA) is 70.2 Å². The van der Waals surface area contributed by atoms with Crippen molar-refractivity contribution in [2.45, 2.75) is 38.6 Å². The Morgan fingerprint density at radius 2 is 1.80 bits per heavy atom. The quantitative estimate of drug-likeness (QED) is 0.790. The van der Waals surface area contributed by atoms with Gasteiger partial charge in [0, 0.05) is 23.8 Å². The fraction of sp³-hybridized carbons (Fsp3) is 0.467. The molecule has 20 heavy (non-hydrogen) atoms. The van der Waals surface area contributed by atoms with Gasteiger partial charge in [0.1, 0.15) is 0 Å². The zero-order chi connectivity index (χ0) is 14.4. The highest BCUT2D eigenvalue weighted by molar-refractivity contribution is 5.95. The van der Waals surface area contributed by atoms with Crippen LogP contribution >= 0.6 is 0 Å². The summed E-state index contributed by atoms with van der Waals surface area (Å²) in [5, 5.41) is 8.47. The summed E-state index contributed by atoms with van der Waals surface area (Å²) in [5.41, 5.74) is 1.28. The molecule has 0 unspecified atom stereocenters. The van der Waals surface area contributed by atoms with E-state index in [2.05, 4.69) is 16.0 Å². The lowest BCUT2D eigenvalue weighted by atomic mass is 10.2. The average Bonchev–Trinajstić information content (AvgIpc) is 2.92. The summed E-state index contributed by atoms with van der Waals surface area (Å²) in [7, 11) is 0. The molecule has 5 heteroatoms. The van der Waals surface area contributed by atoms with E-state index in [1.54, 1.807) is 24.3 Å². The standard InChI is InChI=1S/C15H21N3O2/c1-2-16-14(19)11-7-9-13(10-8-11)18-15(20)17-12-5-3-4-6-12/h7-10,12H,2-6H2,1H3,(H,16,19)(H2,17,18,20). The zero-order valence-corrected chi connectivity index (χ0v) is 11.7. The van der Waals surface area contributed by atoms with Gasteiger partial charge in [0.2, 0.25) is 0 Å². The first kappa shape index (κ1) is 14.4. The molecule has 1 aromatic rings. The second-order valence-corrected chi connectivity index (χ2v) is 5.02. The van der Waals surface area contributed by atoms with E-state index in [1.165, 1.54) is 12.8 Å². The van der Waals surface area contributed by atoms with Gasteiger partial charge in [0.25, 0.3) is 5.91 Å². The van der Waals surface area contributed by atoms with Gasteiger partial charge < -0.3 is 16.0 Å². The Hall–Kier alpha value is -2.04. The van der Waals surface area contributed by atoms with Crippen LogP contribution in [0.2, 0.25) is 0 Å². The van der Waals surface area contributed by atoms with Crippen molar-refractivity contribution >= 4 is 17.6 Å². The van der Waals surface area contributed by atoms with E-state index >= 15 is 0 Å². The smallest absolute Gasteiger partial charge is 0.319 e. The maximum atomic E-state index is 11.8. The Bertz CT molecular complexity index is 465. The molecule has 2 rings (SSSR count). The van der Waals surface area contributed by atoms with Crippen LogP contribution in [0.15, 0.2) is 24.3 Å². The third-order valence-corrected chi connectivity index (χ3v) is 3.43. The van der Waals surface area contributed by atoms with E-state index in [-0.39, 0.29) is 11.9 Å². The summed E-state index contributed by atoms with van der Waals surface area (Å²) in [5.74, 6) is -0.102. The van der Waals surface area contributed by atoms with Crippen LogP contribution in [0.25, 0.3) is 0 Å². The highest BCUT2D eigenvalue weighted by Gasteiger charge is 2.16. The van der Waals surface area contributed by atoms with E-state index in [0.29, 0.717) is 23.8 Å². The summed E-state index contributed by atoms with van der Waals surface area (Å²) in [6.07, 6.45) is 4.49. The van der Waals surface area contributed by atoms with Crippen LogP contribution < -0.4 is 16.0 Å². The molecule has 3 amide bonds. The summed E-state index contributed by atoms with van der Waals surface area (Å²) in [4.78, 5) is 23.4.